The van der Waals surface area contributed by atoms with Gasteiger partial charge in [-0.05, 0) is 30.2 Å². The number of fused-ring (bicyclic) bond motifs is 1. The fraction of sp³-hybridized carbons (Fsp3) is 0.125. The molecule has 2 heteroatoms. The summed E-state index contributed by atoms with van der Waals surface area (Å²) in [6.45, 7) is 2.10. The first-order valence-corrected chi connectivity index (χ1v) is 8.93. The molecule has 1 heterocycles. The Labute approximate surface area is 153 Å². The maximum atomic E-state index is 12.9. The van der Waals surface area contributed by atoms with E-state index in [2.05, 4.69) is 48.4 Å². The number of aromatic amines is 1. The van der Waals surface area contributed by atoms with Crippen LogP contribution in [0.4, 0.5) is 0 Å². The number of aromatic nitrogens is 1. The Morgan fingerprint density at radius 3 is 2.35 bits per heavy atom. The van der Waals surface area contributed by atoms with Gasteiger partial charge in [0.05, 0.1) is 0 Å². The molecule has 26 heavy (non-hydrogen) atoms. The van der Waals surface area contributed by atoms with E-state index in [0.717, 1.165) is 11.1 Å². The van der Waals surface area contributed by atoms with Crippen LogP contribution in [0.2, 0.25) is 0 Å². The second-order valence-corrected chi connectivity index (χ2v) is 6.75. The standard InChI is InChI=1S/C24H21NO/c1-17-12-13-23-21(14-17)22(16-25-23)20(18-8-4-2-5-9-18)15-24(26)19-10-6-3-7-11-19/h2-14,16,20,25H,15H2,1H3. The van der Waals surface area contributed by atoms with E-state index >= 15 is 0 Å². The van der Waals surface area contributed by atoms with Crippen LogP contribution in [0.1, 0.15) is 39.4 Å². The minimum atomic E-state index is 0.0273. The van der Waals surface area contributed by atoms with Crippen LogP contribution in [0.15, 0.2) is 85.1 Å². The normalized spacial score (nSPS) is 12.2. The predicted octanol–water partition coefficient (Wildman–Crippen LogP) is 5.88. The van der Waals surface area contributed by atoms with E-state index < -0.39 is 0 Å². The molecule has 1 aromatic heterocycles. The van der Waals surface area contributed by atoms with E-state index in [4.69, 9.17) is 0 Å². The van der Waals surface area contributed by atoms with Crippen molar-refractivity contribution in [2.24, 2.45) is 0 Å². The van der Waals surface area contributed by atoms with Crippen molar-refractivity contribution in [3.63, 3.8) is 0 Å². The maximum Gasteiger partial charge on any atom is 0.163 e. The van der Waals surface area contributed by atoms with Crippen LogP contribution in [0.5, 0.6) is 0 Å². The molecule has 128 valence electrons. The zero-order valence-electron chi connectivity index (χ0n) is 14.8. The topological polar surface area (TPSA) is 32.9 Å². The monoisotopic (exact) mass is 339 g/mol. The third-order valence-corrected chi connectivity index (χ3v) is 4.93. The van der Waals surface area contributed by atoms with E-state index in [1.54, 1.807) is 0 Å². The molecule has 0 aliphatic carbocycles. The van der Waals surface area contributed by atoms with Crippen LogP contribution < -0.4 is 0 Å². The molecule has 0 spiro atoms. The van der Waals surface area contributed by atoms with Crippen molar-refractivity contribution in [2.75, 3.05) is 0 Å². The summed E-state index contributed by atoms with van der Waals surface area (Å²) in [7, 11) is 0. The Bertz CT molecular complexity index is 1030. The second-order valence-electron chi connectivity index (χ2n) is 6.75. The number of hydrogen-bond acceptors (Lipinski definition) is 1. The lowest BCUT2D eigenvalue weighted by Crippen LogP contribution is -2.09. The third-order valence-electron chi connectivity index (χ3n) is 4.93. The van der Waals surface area contributed by atoms with Crippen molar-refractivity contribution in [3.8, 4) is 0 Å². The fourth-order valence-corrected chi connectivity index (χ4v) is 3.56. The van der Waals surface area contributed by atoms with Gasteiger partial charge < -0.3 is 4.98 Å². The van der Waals surface area contributed by atoms with Crippen LogP contribution in [-0.2, 0) is 0 Å². The van der Waals surface area contributed by atoms with Gasteiger partial charge in [-0.1, -0.05) is 72.3 Å². The van der Waals surface area contributed by atoms with Gasteiger partial charge in [0.15, 0.2) is 5.78 Å². The average molecular weight is 339 g/mol. The first-order chi connectivity index (χ1) is 12.7. The highest BCUT2D eigenvalue weighted by Crippen LogP contribution is 2.34. The first kappa shape index (κ1) is 16.3. The summed E-state index contributed by atoms with van der Waals surface area (Å²) in [6, 6.07) is 26.3. The zero-order chi connectivity index (χ0) is 17.9. The quantitative estimate of drug-likeness (QED) is 0.452. The summed E-state index contributed by atoms with van der Waals surface area (Å²) in [4.78, 5) is 16.3. The van der Waals surface area contributed by atoms with Gasteiger partial charge in [-0.15, -0.1) is 0 Å². The Kier molecular flexibility index (Phi) is 4.40. The minimum Gasteiger partial charge on any atom is -0.361 e. The second kappa shape index (κ2) is 7.01. The molecule has 4 aromatic rings. The van der Waals surface area contributed by atoms with Gasteiger partial charge in [0.1, 0.15) is 0 Å². The molecule has 0 amide bonds. The molecule has 0 aliphatic rings. The summed E-state index contributed by atoms with van der Waals surface area (Å²) in [5.74, 6) is 0.195. The van der Waals surface area contributed by atoms with Crippen molar-refractivity contribution < 1.29 is 4.79 Å². The molecule has 0 radical (unpaired) electrons. The average Bonchev–Trinajstić information content (AvgIpc) is 3.10. The van der Waals surface area contributed by atoms with E-state index in [0.29, 0.717) is 6.42 Å². The molecule has 1 atom stereocenters. The molecule has 0 bridgehead atoms. The zero-order valence-corrected chi connectivity index (χ0v) is 14.8. The largest absolute Gasteiger partial charge is 0.361 e. The highest BCUT2D eigenvalue weighted by atomic mass is 16.1. The third kappa shape index (κ3) is 3.18. The first-order valence-electron chi connectivity index (χ1n) is 8.93. The molecule has 1 unspecified atom stereocenters. The molecule has 0 saturated carbocycles. The van der Waals surface area contributed by atoms with Gasteiger partial charge >= 0.3 is 0 Å². The number of carbonyl (C=O) groups is 1. The number of Topliss-reactive ketones (excluding diaryl/α,β-unsaturated/α-hetero) is 1. The number of nitrogens with one attached hydrogen (secondary N) is 1. The molecule has 0 fully saturated rings. The smallest absolute Gasteiger partial charge is 0.163 e. The predicted molar refractivity (Wildman–Crippen MR) is 107 cm³/mol. The summed E-state index contributed by atoms with van der Waals surface area (Å²) in [5.41, 5.74) is 5.45. The Morgan fingerprint density at radius 2 is 1.62 bits per heavy atom. The molecule has 2 nitrogen and oxygen atoms in total. The highest BCUT2D eigenvalue weighted by Gasteiger charge is 2.22. The minimum absolute atomic E-state index is 0.0273. The van der Waals surface area contributed by atoms with Crippen molar-refractivity contribution in [3.05, 3.63) is 107 Å². The van der Waals surface area contributed by atoms with Crippen molar-refractivity contribution >= 4 is 16.7 Å². The van der Waals surface area contributed by atoms with Gasteiger partial charge in [0.25, 0.3) is 0 Å². The van der Waals surface area contributed by atoms with Gasteiger partial charge in [-0.3, -0.25) is 4.79 Å². The number of benzene rings is 3. The molecular formula is C24H21NO. The molecule has 0 aliphatic heterocycles. The van der Waals surface area contributed by atoms with Crippen molar-refractivity contribution in [1.29, 1.82) is 0 Å². The van der Waals surface area contributed by atoms with Gasteiger partial charge in [-0.25, -0.2) is 0 Å². The summed E-state index contributed by atoms with van der Waals surface area (Å²) < 4.78 is 0. The summed E-state index contributed by atoms with van der Waals surface area (Å²) >= 11 is 0. The molecular weight excluding hydrogens is 318 g/mol. The van der Waals surface area contributed by atoms with Gasteiger partial charge in [0.2, 0.25) is 0 Å². The Hall–Kier alpha value is -3.13. The maximum absolute atomic E-state index is 12.9. The summed E-state index contributed by atoms with van der Waals surface area (Å²) in [6.07, 6.45) is 2.51. The van der Waals surface area contributed by atoms with Crippen molar-refractivity contribution in [1.82, 2.24) is 4.98 Å². The fourth-order valence-electron chi connectivity index (χ4n) is 3.56. The van der Waals surface area contributed by atoms with Crippen molar-refractivity contribution in [2.45, 2.75) is 19.3 Å². The number of ketones is 1. The Balaban J connectivity index is 1.78. The lowest BCUT2D eigenvalue weighted by atomic mass is 9.85. The van der Waals surface area contributed by atoms with E-state index in [9.17, 15) is 4.79 Å². The van der Waals surface area contributed by atoms with E-state index in [-0.39, 0.29) is 11.7 Å². The molecule has 3 aromatic carbocycles. The van der Waals surface area contributed by atoms with Gasteiger partial charge in [0, 0.05) is 35.0 Å². The van der Waals surface area contributed by atoms with E-state index in [1.807, 2.05) is 48.5 Å². The molecule has 4 rings (SSSR count). The van der Waals surface area contributed by atoms with Crippen LogP contribution in [-0.4, -0.2) is 10.8 Å². The summed E-state index contributed by atoms with van der Waals surface area (Å²) in [5, 5.41) is 1.19. The number of carbonyl (C=O) groups excluding carboxylic acids is 1. The molecule has 0 saturated heterocycles. The lowest BCUT2D eigenvalue weighted by molar-refractivity contribution is 0.0978. The lowest BCUT2D eigenvalue weighted by Gasteiger charge is -2.17. The van der Waals surface area contributed by atoms with Crippen LogP contribution in [0.3, 0.4) is 0 Å². The van der Waals surface area contributed by atoms with Crippen LogP contribution >= 0.6 is 0 Å². The van der Waals surface area contributed by atoms with Gasteiger partial charge in [-0.2, -0.15) is 0 Å². The highest BCUT2D eigenvalue weighted by molar-refractivity contribution is 5.97. The SMILES string of the molecule is Cc1ccc2[nH]cc(C(CC(=O)c3ccccc3)c3ccccc3)c2c1. The number of hydrogen-bond donors (Lipinski definition) is 1. The van der Waals surface area contributed by atoms with Crippen LogP contribution in [0.25, 0.3) is 10.9 Å². The molecule has 1 N–H and O–H groups in total. The van der Waals surface area contributed by atoms with E-state index in [1.165, 1.54) is 22.1 Å². The number of rotatable bonds is 5. The Morgan fingerprint density at radius 1 is 0.923 bits per heavy atom. The number of H-pyrrole nitrogens is 1. The van der Waals surface area contributed by atoms with Crippen LogP contribution in [0, 0.1) is 6.92 Å². The number of aryl methyl sites for hydroxylation is 1.